The van der Waals surface area contributed by atoms with E-state index in [4.69, 9.17) is 4.74 Å². The molecular weight excluding hydrogens is 397 g/mol. The van der Waals surface area contributed by atoms with Gasteiger partial charge in [0, 0.05) is 18.4 Å². The molecule has 1 saturated heterocycles. The van der Waals surface area contributed by atoms with Gasteiger partial charge in [0.25, 0.3) is 5.91 Å². The van der Waals surface area contributed by atoms with Gasteiger partial charge < -0.3 is 4.74 Å². The molecule has 0 unspecified atom stereocenters. The number of rotatable bonds is 4. The number of carbonyl (C=O) groups is 2. The Balaban J connectivity index is 1.70. The number of ether oxygens (including phenoxy) is 1. The van der Waals surface area contributed by atoms with Crippen molar-refractivity contribution >= 4 is 23.7 Å². The number of nitrogens with zero attached hydrogens (tertiary/aromatic N) is 2. The van der Waals surface area contributed by atoms with Gasteiger partial charge in [0.2, 0.25) is 5.91 Å². The first-order chi connectivity index (χ1) is 14.4. The number of alkyl halides is 3. The number of halogens is 3. The molecule has 2 amide bonds. The van der Waals surface area contributed by atoms with Crippen LogP contribution >= 0.6 is 0 Å². The molecular formula is C22H19F3N2O3. The summed E-state index contributed by atoms with van der Waals surface area (Å²) in [6.07, 6.45) is -1.27. The minimum Gasteiger partial charge on any atom is -0.376 e. The van der Waals surface area contributed by atoms with Gasteiger partial charge in [-0.25, -0.2) is 4.90 Å². The van der Waals surface area contributed by atoms with Gasteiger partial charge in [-0.1, -0.05) is 24.3 Å². The summed E-state index contributed by atoms with van der Waals surface area (Å²) < 4.78 is 44.9. The second-order valence-electron chi connectivity index (χ2n) is 7.24. The molecule has 0 saturated carbocycles. The van der Waals surface area contributed by atoms with Gasteiger partial charge in [0.1, 0.15) is 0 Å². The zero-order valence-corrected chi connectivity index (χ0v) is 15.9. The van der Waals surface area contributed by atoms with Crippen LogP contribution in [0.15, 0.2) is 53.5 Å². The Kier molecular flexibility index (Phi) is 5.42. The minimum absolute atomic E-state index is 0.00334. The average molecular weight is 416 g/mol. The summed E-state index contributed by atoms with van der Waals surface area (Å²) in [6, 6.07) is 10.8. The van der Waals surface area contributed by atoms with E-state index in [-0.39, 0.29) is 17.4 Å². The molecule has 156 valence electrons. The van der Waals surface area contributed by atoms with Crippen molar-refractivity contribution in [2.45, 2.75) is 31.0 Å². The molecule has 2 aliphatic heterocycles. The summed E-state index contributed by atoms with van der Waals surface area (Å²) in [5.74, 6) is -2.15. The van der Waals surface area contributed by atoms with Crippen molar-refractivity contribution in [1.29, 1.82) is 0 Å². The molecule has 2 atom stereocenters. The highest BCUT2D eigenvalue weighted by Gasteiger charge is 2.40. The fourth-order valence-electron chi connectivity index (χ4n) is 3.74. The maximum Gasteiger partial charge on any atom is 0.416 e. The first kappa shape index (κ1) is 20.3. The van der Waals surface area contributed by atoms with Gasteiger partial charge in [-0.05, 0) is 42.7 Å². The number of aliphatic imine (C=N–C) groups is 1. The van der Waals surface area contributed by atoms with E-state index < -0.39 is 29.5 Å². The first-order valence-corrected chi connectivity index (χ1v) is 9.62. The Morgan fingerprint density at radius 1 is 1.13 bits per heavy atom. The molecule has 1 fully saturated rings. The SMILES string of the molecule is O=C1c2ccccc2[C@H](C=NC[C@H]2CCCO2)C(=O)N1c1cccc(C(F)(F)F)c1. The number of anilines is 1. The quantitative estimate of drug-likeness (QED) is 0.554. The smallest absolute Gasteiger partial charge is 0.376 e. The van der Waals surface area contributed by atoms with Crippen LogP contribution in [0, 0.1) is 0 Å². The van der Waals surface area contributed by atoms with E-state index in [2.05, 4.69) is 4.99 Å². The third kappa shape index (κ3) is 3.87. The van der Waals surface area contributed by atoms with Crippen LogP contribution in [0.3, 0.4) is 0 Å². The van der Waals surface area contributed by atoms with Gasteiger partial charge in [0.15, 0.2) is 0 Å². The summed E-state index contributed by atoms with van der Waals surface area (Å²) in [7, 11) is 0. The molecule has 2 aromatic rings. The molecule has 2 aliphatic rings. The normalized spacial score (nSPS) is 22.0. The van der Waals surface area contributed by atoms with E-state index >= 15 is 0 Å². The predicted octanol–water partition coefficient (Wildman–Crippen LogP) is 4.23. The Labute approximate surface area is 171 Å². The fraction of sp³-hybridized carbons (Fsp3) is 0.318. The van der Waals surface area contributed by atoms with Gasteiger partial charge in [-0.3, -0.25) is 14.6 Å². The van der Waals surface area contributed by atoms with E-state index in [1.165, 1.54) is 18.3 Å². The van der Waals surface area contributed by atoms with Gasteiger partial charge in [-0.2, -0.15) is 13.2 Å². The molecule has 30 heavy (non-hydrogen) atoms. The van der Waals surface area contributed by atoms with Crippen LogP contribution in [0.1, 0.15) is 40.2 Å². The Morgan fingerprint density at radius 3 is 2.67 bits per heavy atom. The second kappa shape index (κ2) is 8.02. The van der Waals surface area contributed by atoms with Crippen molar-refractivity contribution in [3.05, 3.63) is 65.2 Å². The Morgan fingerprint density at radius 2 is 1.93 bits per heavy atom. The van der Waals surface area contributed by atoms with Crippen molar-refractivity contribution in [2.75, 3.05) is 18.1 Å². The number of amides is 2. The molecule has 0 spiro atoms. The third-order valence-electron chi connectivity index (χ3n) is 5.23. The topological polar surface area (TPSA) is 59.0 Å². The van der Waals surface area contributed by atoms with E-state index in [1.54, 1.807) is 24.3 Å². The first-order valence-electron chi connectivity index (χ1n) is 9.62. The van der Waals surface area contributed by atoms with E-state index in [1.807, 2.05) is 0 Å². The lowest BCUT2D eigenvalue weighted by atomic mass is 9.88. The fourth-order valence-corrected chi connectivity index (χ4v) is 3.74. The molecule has 2 aromatic carbocycles. The molecule has 0 bridgehead atoms. The lowest BCUT2D eigenvalue weighted by molar-refractivity contribution is -0.137. The summed E-state index contributed by atoms with van der Waals surface area (Å²) in [5, 5.41) is 0. The van der Waals surface area contributed by atoms with Gasteiger partial charge in [-0.15, -0.1) is 0 Å². The number of carbonyl (C=O) groups excluding carboxylic acids is 2. The van der Waals surface area contributed by atoms with Gasteiger partial charge in [0.05, 0.1) is 29.8 Å². The lowest BCUT2D eigenvalue weighted by Gasteiger charge is -2.31. The molecule has 8 heteroatoms. The van der Waals surface area contributed by atoms with Crippen LogP contribution in [-0.4, -0.2) is 37.3 Å². The largest absolute Gasteiger partial charge is 0.416 e. The highest BCUT2D eigenvalue weighted by atomic mass is 19.4. The summed E-state index contributed by atoms with van der Waals surface area (Å²) in [5.41, 5.74) is -0.287. The maximum absolute atomic E-state index is 13.2. The second-order valence-corrected chi connectivity index (χ2v) is 7.24. The zero-order chi connectivity index (χ0) is 21.3. The Hall–Kier alpha value is -3.00. The average Bonchev–Trinajstić information content (AvgIpc) is 3.24. The molecule has 5 nitrogen and oxygen atoms in total. The van der Waals surface area contributed by atoms with Crippen molar-refractivity contribution in [2.24, 2.45) is 4.99 Å². The highest BCUT2D eigenvalue weighted by Crippen LogP contribution is 2.35. The van der Waals surface area contributed by atoms with Gasteiger partial charge >= 0.3 is 6.18 Å². The summed E-state index contributed by atoms with van der Waals surface area (Å²) in [6.45, 7) is 1.08. The molecule has 4 rings (SSSR count). The molecule has 0 radical (unpaired) electrons. The Bertz CT molecular complexity index is 997. The molecule has 2 heterocycles. The van der Waals surface area contributed by atoms with Crippen LogP contribution in [0.2, 0.25) is 0 Å². The van der Waals surface area contributed by atoms with Crippen LogP contribution in [0.5, 0.6) is 0 Å². The predicted molar refractivity (Wildman–Crippen MR) is 105 cm³/mol. The lowest BCUT2D eigenvalue weighted by Crippen LogP contribution is -2.45. The number of imide groups is 1. The molecule has 0 aliphatic carbocycles. The zero-order valence-electron chi connectivity index (χ0n) is 15.9. The van der Waals surface area contributed by atoms with E-state index in [9.17, 15) is 22.8 Å². The minimum atomic E-state index is -4.59. The number of benzene rings is 2. The van der Waals surface area contributed by atoms with Crippen LogP contribution in [0.25, 0.3) is 0 Å². The van der Waals surface area contributed by atoms with Crippen LogP contribution < -0.4 is 4.90 Å². The van der Waals surface area contributed by atoms with Crippen molar-refractivity contribution in [3.63, 3.8) is 0 Å². The van der Waals surface area contributed by atoms with E-state index in [0.717, 1.165) is 29.9 Å². The monoisotopic (exact) mass is 416 g/mol. The molecule has 0 aromatic heterocycles. The highest BCUT2D eigenvalue weighted by molar-refractivity contribution is 6.29. The maximum atomic E-state index is 13.2. The number of hydrogen-bond donors (Lipinski definition) is 0. The van der Waals surface area contributed by atoms with Crippen LogP contribution in [-0.2, 0) is 15.7 Å². The van der Waals surface area contributed by atoms with E-state index in [0.29, 0.717) is 18.7 Å². The number of fused-ring (bicyclic) bond motifs is 1. The molecule has 0 N–H and O–H groups in total. The van der Waals surface area contributed by atoms with Crippen LogP contribution in [0.4, 0.5) is 18.9 Å². The standard InChI is InChI=1S/C22H19F3N2O3/c23-22(24,25)14-5-3-6-15(11-14)27-20(28)18-9-2-1-8-17(18)19(21(27)29)13-26-12-16-7-4-10-30-16/h1-3,5-6,8-9,11,13,16,19H,4,7,10,12H2/t16-,19+/m1/s1. The van der Waals surface area contributed by atoms with Crippen molar-refractivity contribution < 1.29 is 27.5 Å². The summed E-state index contributed by atoms with van der Waals surface area (Å²) >= 11 is 0. The van der Waals surface area contributed by atoms with Crippen molar-refractivity contribution in [1.82, 2.24) is 0 Å². The van der Waals surface area contributed by atoms with Crippen molar-refractivity contribution in [3.8, 4) is 0 Å². The summed E-state index contributed by atoms with van der Waals surface area (Å²) in [4.78, 5) is 31.3. The number of hydrogen-bond acceptors (Lipinski definition) is 4. The third-order valence-corrected chi connectivity index (χ3v) is 5.23.